The Kier molecular flexibility index (Phi) is 7.41. The van der Waals surface area contributed by atoms with E-state index in [9.17, 15) is 13.2 Å². The molecule has 0 unspecified atom stereocenters. The summed E-state index contributed by atoms with van der Waals surface area (Å²) in [5.74, 6) is 9.27. The van der Waals surface area contributed by atoms with Crippen LogP contribution in [0.4, 0.5) is 18.9 Å². The zero-order valence-electron chi connectivity index (χ0n) is 16.6. The highest BCUT2D eigenvalue weighted by molar-refractivity contribution is 7.78. The third kappa shape index (κ3) is 5.71. The maximum atomic E-state index is 14.3. The normalized spacial score (nSPS) is 9.68. The molecule has 0 heterocycles. The number of rotatable bonds is 3. The second kappa shape index (κ2) is 10.4. The fraction of sp³-hybridized carbons (Fsp3) is 0.115. The van der Waals surface area contributed by atoms with Crippen LogP contribution >= 0.6 is 12.2 Å². The molecular formula is C26H16F3NS. The molecule has 152 valence electrons. The number of nitrogens with zero attached hydrogens (tertiary/aromatic N) is 1. The maximum absolute atomic E-state index is 14.3. The summed E-state index contributed by atoms with van der Waals surface area (Å²) in [4.78, 5) is 3.37. The molecule has 0 aliphatic carbocycles. The molecule has 5 heteroatoms. The molecule has 0 saturated heterocycles. The summed E-state index contributed by atoms with van der Waals surface area (Å²) in [6.07, 6.45) is 1.66. The van der Waals surface area contributed by atoms with Gasteiger partial charge in [0, 0.05) is 17.5 Å². The van der Waals surface area contributed by atoms with Crippen molar-refractivity contribution in [3.8, 4) is 34.8 Å². The van der Waals surface area contributed by atoms with Gasteiger partial charge >= 0.3 is 0 Å². The fourth-order valence-corrected chi connectivity index (χ4v) is 2.85. The van der Waals surface area contributed by atoms with Crippen molar-refractivity contribution in [3.63, 3.8) is 0 Å². The topological polar surface area (TPSA) is 12.4 Å². The summed E-state index contributed by atoms with van der Waals surface area (Å²) >= 11 is 4.38. The molecule has 0 fully saturated rings. The highest BCUT2D eigenvalue weighted by atomic mass is 32.1. The maximum Gasteiger partial charge on any atom is 0.153 e. The number of halogens is 3. The van der Waals surface area contributed by atoms with Crippen molar-refractivity contribution in [1.29, 1.82) is 0 Å². The van der Waals surface area contributed by atoms with E-state index in [1.807, 2.05) is 18.2 Å². The molecule has 0 spiro atoms. The first-order valence-corrected chi connectivity index (χ1v) is 9.90. The quantitative estimate of drug-likeness (QED) is 0.246. The molecule has 0 N–H and O–H groups in total. The Morgan fingerprint density at radius 1 is 0.774 bits per heavy atom. The van der Waals surface area contributed by atoms with Crippen molar-refractivity contribution in [2.75, 3.05) is 0 Å². The van der Waals surface area contributed by atoms with E-state index >= 15 is 0 Å². The van der Waals surface area contributed by atoms with Gasteiger partial charge in [0.1, 0.15) is 11.5 Å². The van der Waals surface area contributed by atoms with E-state index in [1.54, 1.807) is 30.3 Å². The Morgan fingerprint density at radius 2 is 1.42 bits per heavy atom. The molecule has 0 aliphatic heterocycles. The standard InChI is InChI=1S/C26H16F3NS/c1-2-3-4-5-21-12-13-22(16-23(21)27)20-10-8-18(9-11-20)6-7-19-14-24(28)26(30-17-31)25(29)15-19/h8-16H,2-3H2,1H3. The SMILES string of the molecule is CCCC#Cc1ccc(-c2ccc(C#Cc3cc(F)c(N=C=S)c(F)c3)cc2)cc1F. The van der Waals surface area contributed by atoms with Gasteiger partial charge in [0.15, 0.2) is 11.6 Å². The lowest BCUT2D eigenvalue weighted by Gasteiger charge is -2.03. The lowest BCUT2D eigenvalue weighted by Crippen LogP contribution is -1.87. The fourth-order valence-electron chi connectivity index (χ4n) is 2.76. The smallest absolute Gasteiger partial charge is 0.153 e. The van der Waals surface area contributed by atoms with E-state index in [0.29, 0.717) is 11.1 Å². The third-order valence-corrected chi connectivity index (χ3v) is 4.40. The van der Waals surface area contributed by atoms with E-state index in [1.165, 1.54) is 6.07 Å². The molecule has 0 saturated carbocycles. The molecule has 0 radical (unpaired) electrons. The summed E-state index contributed by atoms with van der Waals surface area (Å²) in [6, 6.07) is 14.2. The Hall–Kier alpha value is -3.63. The van der Waals surface area contributed by atoms with Gasteiger partial charge < -0.3 is 0 Å². The van der Waals surface area contributed by atoms with Gasteiger partial charge in [-0.25, -0.2) is 13.2 Å². The molecule has 0 atom stereocenters. The summed E-state index contributed by atoms with van der Waals surface area (Å²) in [5, 5.41) is 1.94. The van der Waals surface area contributed by atoms with Gasteiger partial charge in [-0.1, -0.05) is 48.8 Å². The van der Waals surface area contributed by atoms with Crippen LogP contribution in [0.2, 0.25) is 0 Å². The predicted octanol–water partition coefficient (Wildman–Crippen LogP) is 7.06. The van der Waals surface area contributed by atoms with Gasteiger partial charge in [0.25, 0.3) is 0 Å². The van der Waals surface area contributed by atoms with E-state index < -0.39 is 17.3 Å². The zero-order chi connectivity index (χ0) is 22.2. The van der Waals surface area contributed by atoms with Crippen molar-refractivity contribution >= 4 is 23.1 Å². The van der Waals surface area contributed by atoms with Crippen LogP contribution in [0.25, 0.3) is 11.1 Å². The van der Waals surface area contributed by atoms with Gasteiger partial charge in [0.05, 0.1) is 10.7 Å². The number of unbranched alkanes of at least 4 members (excludes halogenated alkanes) is 1. The van der Waals surface area contributed by atoms with Crippen molar-refractivity contribution < 1.29 is 13.2 Å². The number of benzene rings is 3. The Balaban J connectivity index is 1.80. The second-order valence-corrected chi connectivity index (χ2v) is 6.75. The van der Waals surface area contributed by atoms with Crippen LogP contribution in [-0.2, 0) is 0 Å². The monoisotopic (exact) mass is 431 g/mol. The van der Waals surface area contributed by atoms with E-state index in [0.717, 1.165) is 36.1 Å². The molecular weight excluding hydrogens is 415 g/mol. The van der Waals surface area contributed by atoms with Crippen molar-refractivity contribution in [2.24, 2.45) is 4.99 Å². The highest BCUT2D eigenvalue weighted by Crippen LogP contribution is 2.24. The van der Waals surface area contributed by atoms with Gasteiger partial charge in [-0.2, -0.15) is 4.99 Å². The molecule has 3 aromatic rings. The molecule has 3 aromatic carbocycles. The number of aliphatic imine (C=N–C) groups is 1. The summed E-state index contributed by atoms with van der Waals surface area (Å²) in [5.41, 5.74) is 2.24. The zero-order valence-corrected chi connectivity index (χ0v) is 17.4. The lowest BCUT2D eigenvalue weighted by molar-refractivity contribution is 0.587. The summed E-state index contributed by atoms with van der Waals surface area (Å²) in [6.45, 7) is 2.02. The Labute approximate surface area is 184 Å². The summed E-state index contributed by atoms with van der Waals surface area (Å²) in [7, 11) is 0. The first-order valence-electron chi connectivity index (χ1n) is 9.49. The van der Waals surface area contributed by atoms with Crippen LogP contribution in [-0.4, -0.2) is 5.16 Å². The number of thiocarbonyl (C=S) groups is 1. The van der Waals surface area contributed by atoms with Crippen LogP contribution in [0.1, 0.15) is 36.5 Å². The number of hydrogen-bond donors (Lipinski definition) is 0. The largest absolute Gasteiger partial charge is 0.206 e. The highest BCUT2D eigenvalue weighted by Gasteiger charge is 2.09. The van der Waals surface area contributed by atoms with Crippen LogP contribution < -0.4 is 0 Å². The predicted molar refractivity (Wildman–Crippen MR) is 121 cm³/mol. The van der Waals surface area contributed by atoms with Gasteiger partial charge in [-0.05, 0) is 66.2 Å². The minimum absolute atomic E-state index is 0.171. The number of hydrogen-bond acceptors (Lipinski definition) is 2. The van der Waals surface area contributed by atoms with Crippen molar-refractivity contribution in [3.05, 3.63) is 88.7 Å². The van der Waals surface area contributed by atoms with Gasteiger partial charge in [0.2, 0.25) is 0 Å². The average Bonchev–Trinajstić information content (AvgIpc) is 2.76. The molecule has 0 aromatic heterocycles. The summed E-state index contributed by atoms with van der Waals surface area (Å²) < 4.78 is 42.1. The molecule has 0 aliphatic rings. The lowest BCUT2D eigenvalue weighted by atomic mass is 10.0. The molecule has 3 rings (SSSR count). The average molecular weight is 431 g/mol. The van der Waals surface area contributed by atoms with Crippen LogP contribution in [0.3, 0.4) is 0 Å². The van der Waals surface area contributed by atoms with Gasteiger partial charge in [-0.3, -0.25) is 0 Å². The van der Waals surface area contributed by atoms with E-state index in [4.69, 9.17) is 0 Å². The Morgan fingerprint density at radius 3 is 2.03 bits per heavy atom. The van der Waals surface area contributed by atoms with Crippen molar-refractivity contribution in [1.82, 2.24) is 0 Å². The van der Waals surface area contributed by atoms with Gasteiger partial charge in [-0.15, -0.1) is 0 Å². The Bertz CT molecular complexity index is 1260. The second-order valence-electron chi connectivity index (χ2n) is 6.57. The molecule has 0 bridgehead atoms. The van der Waals surface area contributed by atoms with Crippen molar-refractivity contribution in [2.45, 2.75) is 19.8 Å². The third-order valence-electron chi connectivity index (χ3n) is 4.31. The van der Waals surface area contributed by atoms with E-state index in [-0.39, 0.29) is 11.4 Å². The molecule has 0 amide bonds. The molecule has 31 heavy (non-hydrogen) atoms. The first-order chi connectivity index (χ1) is 15.0. The van der Waals surface area contributed by atoms with Crippen LogP contribution in [0.5, 0.6) is 0 Å². The van der Waals surface area contributed by atoms with Crippen LogP contribution in [0.15, 0.2) is 59.6 Å². The minimum Gasteiger partial charge on any atom is -0.206 e. The molecule has 1 nitrogen and oxygen atoms in total. The van der Waals surface area contributed by atoms with E-state index in [2.05, 4.69) is 40.9 Å². The van der Waals surface area contributed by atoms with Crippen LogP contribution in [0, 0.1) is 41.1 Å². The number of isothiocyanates is 1. The first kappa shape index (κ1) is 22.1. The minimum atomic E-state index is -0.859.